The molecule has 1 aliphatic heterocycles. The van der Waals surface area contributed by atoms with Gasteiger partial charge in [0, 0.05) is 0 Å². The first-order chi connectivity index (χ1) is 10.4. The molecule has 4 rings (SSSR count). The molecule has 0 bridgehead atoms. The van der Waals surface area contributed by atoms with Crippen molar-refractivity contribution < 1.29 is 0 Å². The summed E-state index contributed by atoms with van der Waals surface area (Å²) in [7, 11) is 0. The predicted octanol–water partition coefficient (Wildman–Crippen LogP) is 1.75. The Labute approximate surface area is 143 Å². The van der Waals surface area contributed by atoms with E-state index in [0.29, 0.717) is 50.2 Å². The normalized spacial score (nSPS) is 16.5. The molecule has 0 fully saturated rings. The van der Waals surface area contributed by atoms with E-state index in [-0.39, 0.29) is 5.31 Å². The van der Waals surface area contributed by atoms with E-state index in [0.717, 1.165) is 0 Å². The maximum absolute atomic E-state index is 2.48. The molecular formula is C17H13BSe3. The Morgan fingerprint density at radius 2 is 1.43 bits per heavy atom. The van der Waals surface area contributed by atoms with Crippen LogP contribution in [0.5, 0.6) is 0 Å². The van der Waals surface area contributed by atoms with E-state index in [9.17, 15) is 0 Å². The monoisotopic (exact) mass is 468 g/mol. The minimum absolute atomic E-state index is 0.112. The van der Waals surface area contributed by atoms with Gasteiger partial charge in [-0.3, -0.25) is 0 Å². The molecule has 0 saturated carbocycles. The third kappa shape index (κ3) is 2.35. The molecule has 4 heterocycles. The molecule has 4 heteroatoms. The van der Waals surface area contributed by atoms with Gasteiger partial charge in [-0.05, 0) is 0 Å². The summed E-state index contributed by atoms with van der Waals surface area (Å²) in [6, 6.07) is 13.9. The summed E-state index contributed by atoms with van der Waals surface area (Å²) >= 11 is 1.50. The molecule has 0 nitrogen and oxygen atoms in total. The van der Waals surface area contributed by atoms with Crippen molar-refractivity contribution in [2.24, 2.45) is 0 Å². The van der Waals surface area contributed by atoms with Crippen molar-refractivity contribution in [3.05, 3.63) is 84.3 Å². The molecule has 102 valence electrons. The zero-order valence-electron chi connectivity index (χ0n) is 11.3. The molecule has 0 aliphatic carbocycles. The fourth-order valence-electron chi connectivity index (χ4n) is 3.05. The summed E-state index contributed by atoms with van der Waals surface area (Å²) in [6.07, 6.45) is 6.98. The first kappa shape index (κ1) is 14.2. The number of hydrogen-bond donors (Lipinski definition) is 0. The van der Waals surface area contributed by atoms with Crippen molar-refractivity contribution >= 4 is 54.6 Å². The second kappa shape index (κ2) is 5.97. The molecule has 0 atom stereocenters. The number of rotatable bonds is 3. The van der Waals surface area contributed by atoms with Gasteiger partial charge in [0.25, 0.3) is 0 Å². The van der Waals surface area contributed by atoms with Crippen LogP contribution in [0, 0.1) is 0 Å². The van der Waals surface area contributed by atoms with E-state index in [1.54, 1.807) is 13.2 Å². The Morgan fingerprint density at radius 3 is 2.00 bits per heavy atom. The van der Waals surface area contributed by atoms with Crippen molar-refractivity contribution in [3.63, 3.8) is 0 Å². The fraction of sp³-hybridized carbons (Fsp3) is 0.0588. The van der Waals surface area contributed by atoms with Crippen molar-refractivity contribution in [3.8, 4) is 0 Å². The molecule has 0 N–H and O–H groups in total. The van der Waals surface area contributed by atoms with Gasteiger partial charge in [-0.2, -0.15) is 0 Å². The standard InChI is InChI=1S/C17H13BSe3/c1-2-10-18(16-8-5-13-21-16)17(9-1,14-6-3-11-19-14)15-7-4-12-20-15/h1-13H. The van der Waals surface area contributed by atoms with E-state index in [1.165, 1.54) is 0 Å². The van der Waals surface area contributed by atoms with E-state index in [1.807, 2.05) is 0 Å². The summed E-state index contributed by atoms with van der Waals surface area (Å²) < 4.78 is 4.87. The second-order valence-corrected chi connectivity index (χ2v) is 11.1. The van der Waals surface area contributed by atoms with Gasteiger partial charge in [0.15, 0.2) is 0 Å². The predicted molar refractivity (Wildman–Crippen MR) is 94.6 cm³/mol. The average Bonchev–Trinajstić information content (AvgIpc) is 3.29. The summed E-state index contributed by atoms with van der Waals surface area (Å²) in [5.74, 6) is 2.44. The van der Waals surface area contributed by atoms with Crippen LogP contribution in [-0.2, 0) is 5.31 Å². The summed E-state index contributed by atoms with van der Waals surface area (Å²) in [5.41, 5.74) is 0. The zero-order chi connectivity index (χ0) is 14.1. The van der Waals surface area contributed by atoms with Gasteiger partial charge in [-0.15, -0.1) is 0 Å². The van der Waals surface area contributed by atoms with E-state index in [4.69, 9.17) is 0 Å². The fourth-order valence-corrected chi connectivity index (χ4v) is 9.26. The molecule has 0 unspecified atom stereocenters. The van der Waals surface area contributed by atoms with Gasteiger partial charge in [0.2, 0.25) is 0 Å². The van der Waals surface area contributed by atoms with Crippen LogP contribution in [0.3, 0.4) is 0 Å². The maximum atomic E-state index is 2.48. The molecule has 0 saturated heterocycles. The molecule has 0 aromatic carbocycles. The van der Waals surface area contributed by atoms with Crippen LogP contribution in [0.25, 0.3) is 0 Å². The summed E-state index contributed by atoms with van der Waals surface area (Å²) in [4.78, 5) is 7.06. The SMILES string of the molecule is C1=CB(c2ccc[se]2)C(c2ccc[se]2)(c2ccc[se]2)C=C1. The third-order valence-electron chi connectivity index (χ3n) is 3.97. The molecule has 0 amide bonds. The molecular weight excluding hydrogens is 452 g/mol. The van der Waals surface area contributed by atoms with E-state index < -0.39 is 0 Å². The van der Waals surface area contributed by atoms with Crippen molar-refractivity contribution in [1.29, 1.82) is 0 Å². The van der Waals surface area contributed by atoms with Crippen LogP contribution in [0.15, 0.2) is 75.4 Å². The number of allylic oxidation sites excluding steroid dienone is 3. The Morgan fingerprint density at radius 1 is 0.762 bits per heavy atom. The van der Waals surface area contributed by atoms with E-state index in [2.05, 4.69) is 75.4 Å². The summed E-state index contributed by atoms with van der Waals surface area (Å²) in [5, 5.41) is 0.112. The van der Waals surface area contributed by atoms with Gasteiger partial charge in [0.05, 0.1) is 0 Å². The molecule has 1 aliphatic rings. The third-order valence-corrected chi connectivity index (χ3v) is 10.3. The van der Waals surface area contributed by atoms with Gasteiger partial charge >= 0.3 is 144 Å². The quantitative estimate of drug-likeness (QED) is 0.518. The second-order valence-electron chi connectivity index (χ2n) is 5.06. The van der Waals surface area contributed by atoms with Crippen molar-refractivity contribution in [1.82, 2.24) is 0 Å². The van der Waals surface area contributed by atoms with E-state index >= 15 is 0 Å². The molecule has 0 spiro atoms. The Balaban J connectivity index is 1.97. The average molecular weight is 465 g/mol. The minimum atomic E-state index is 0.112. The van der Waals surface area contributed by atoms with Gasteiger partial charge in [0.1, 0.15) is 0 Å². The number of hydrogen-bond acceptors (Lipinski definition) is 0. The molecule has 3 aromatic heterocycles. The van der Waals surface area contributed by atoms with Crippen LogP contribution < -0.4 is 4.34 Å². The molecule has 0 radical (unpaired) electrons. The van der Waals surface area contributed by atoms with Crippen molar-refractivity contribution in [2.45, 2.75) is 5.31 Å². The molecule has 3 aromatic rings. The van der Waals surface area contributed by atoms with Crippen LogP contribution in [0.2, 0.25) is 0 Å². The van der Waals surface area contributed by atoms with Crippen LogP contribution in [0.1, 0.15) is 8.87 Å². The Bertz CT molecular complexity index is 715. The zero-order valence-corrected chi connectivity index (χ0v) is 16.4. The molecule has 21 heavy (non-hydrogen) atoms. The first-order valence-corrected chi connectivity index (χ1v) is 12.4. The van der Waals surface area contributed by atoms with Crippen LogP contribution in [-0.4, -0.2) is 50.2 Å². The van der Waals surface area contributed by atoms with Gasteiger partial charge < -0.3 is 0 Å². The van der Waals surface area contributed by atoms with Crippen LogP contribution in [0.4, 0.5) is 0 Å². The Kier molecular flexibility index (Phi) is 4.03. The van der Waals surface area contributed by atoms with Crippen molar-refractivity contribution in [2.75, 3.05) is 0 Å². The van der Waals surface area contributed by atoms with Gasteiger partial charge in [-0.25, -0.2) is 0 Å². The first-order valence-electron chi connectivity index (χ1n) is 6.88. The topological polar surface area (TPSA) is 0 Å². The summed E-state index contributed by atoms with van der Waals surface area (Å²) in [6.45, 7) is 0.513. The van der Waals surface area contributed by atoms with Crippen LogP contribution >= 0.6 is 0 Å². The Hall–Kier alpha value is -0.457. The van der Waals surface area contributed by atoms with Gasteiger partial charge in [-0.1, -0.05) is 0 Å².